The van der Waals surface area contributed by atoms with Crippen LogP contribution in [0.4, 0.5) is 0 Å². The first-order valence-corrected chi connectivity index (χ1v) is 15.2. The molecule has 2 bridgehead atoms. The molecule has 2 aliphatic carbocycles. The molecule has 6 rings (SSSR count). The second kappa shape index (κ2) is 11.1. The third-order valence-corrected chi connectivity index (χ3v) is 10.2. The fourth-order valence-corrected chi connectivity index (χ4v) is 8.72. The van der Waals surface area contributed by atoms with Crippen LogP contribution in [0, 0.1) is 11.8 Å². The van der Waals surface area contributed by atoms with E-state index in [-0.39, 0.29) is 6.54 Å². The summed E-state index contributed by atoms with van der Waals surface area (Å²) in [7, 11) is 0. The maximum atomic E-state index is 11.4. The number of aromatic nitrogens is 2. The first-order chi connectivity index (χ1) is 18.0. The smallest absolute Gasteiger partial charge is 0.317 e. The van der Waals surface area contributed by atoms with Gasteiger partial charge >= 0.3 is 5.97 Å². The van der Waals surface area contributed by atoms with Gasteiger partial charge in [0.05, 0.1) is 17.6 Å². The van der Waals surface area contributed by atoms with E-state index in [1.54, 1.807) is 0 Å². The summed E-state index contributed by atoms with van der Waals surface area (Å²) in [6.07, 6.45) is 16.1. The lowest BCUT2D eigenvalue weighted by molar-refractivity contribution is -0.138. The number of aryl methyl sites for hydroxylation is 1. The van der Waals surface area contributed by atoms with Crippen molar-refractivity contribution in [1.82, 2.24) is 19.4 Å². The van der Waals surface area contributed by atoms with Crippen LogP contribution in [0.15, 0.2) is 24.3 Å². The largest absolute Gasteiger partial charge is 0.480 e. The highest BCUT2D eigenvalue weighted by Crippen LogP contribution is 2.44. The van der Waals surface area contributed by atoms with Gasteiger partial charge in [0.2, 0.25) is 0 Å². The molecule has 4 aliphatic rings. The van der Waals surface area contributed by atoms with Gasteiger partial charge in [0.15, 0.2) is 0 Å². The average Bonchev–Trinajstić information content (AvgIpc) is 3.25. The second-order valence-corrected chi connectivity index (χ2v) is 12.8. The van der Waals surface area contributed by atoms with E-state index < -0.39 is 5.97 Å². The van der Waals surface area contributed by atoms with Crippen molar-refractivity contribution in [2.75, 3.05) is 19.6 Å². The van der Waals surface area contributed by atoms with Crippen LogP contribution in [0.1, 0.15) is 95.7 Å². The highest BCUT2D eigenvalue weighted by molar-refractivity contribution is 5.76. The zero-order valence-electron chi connectivity index (χ0n) is 22.7. The molecular formula is C31H46N4O2. The van der Waals surface area contributed by atoms with Gasteiger partial charge in [-0.1, -0.05) is 37.8 Å². The molecule has 2 saturated heterocycles. The summed E-state index contributed by atoms with van der Waals surface area (Å²) in [6, 6.07) is 10.7. The molecule has 0 amide bonds. The third-order valence-electron chi connectivity index (χ3n) is 10.2. The van der Waals surface area contributed by atoms with Crippen LogP contribution in [0.2, 0.25) is 0 Å². The lowest BCUT2D eigenvalue weighted by atomic mass is 9.69. The molecule has 2 saturated carbocycles. The normalized spacial score (nSPS) is 33.5. The molecule has 0 spiro atoms. The van der Waals surface area contributed by atoms with Crippen molar-refractivity contribution < 1.29 is 9.90 Å². The van der Waals surface area contributed by atoms with E-state index in [0.717, 1.165) is 55.9 Å². The Morgan fingerprint density at radius 3 is 2.59 bits per heavy atom. The number of fused-ring (bicyclic) bond motifs is 3. The maximum absolute atomic E-state index is 11.4. The number of hydrogen-bond acceptors (Lipinski definition) is 4. The van der Waals surface area contributed by atoms with Gasteiger partial charge in [-0.15, -0.1) is 0 Å². The van der Waals surface area contributed by atoms with Gasteiger partial charge in [0.25, 0.3) is 0 Å². The molecule has 2 aromatic rings. The molecule has 1 unspecified atom stereocenters. The molecule has 37 heavy (non-hydrogen) atoms. The number of likely N-dealkylation sites (tertiary alicyclic amines) is 2. The van der Waals surface area contributed by atoms with Gasteiger partial charge in [-0.05, 0) is 88.8 Å². The Labute approximate surface area is 222 Å². The fraction of sp³-hybridized carbons (Fsp3) is 0.742. The standard InChI is InChI=1S/C31H46N4O2/c1-22-7-4-11-26(35(22)27-18-23-8-5-9-24(17-23)19-27)14-16-34-29-13-3-2-12-28(29)32-31(34)25-10-6-15-33(20-25)21-30(36)37/h2-3,12-13,22-27H,4-11,14-21H2,1H3,(H,36,37)/t22-,23-,24+,25+,26-,27?/m1/s1. The molecule has 3 heterocycles. The van der Waals surface area contributed by atoms with Gasteiger partial charge in [-0.2, -0.15) is 0 Å². The number of aliphatic carboxylic acids is 1. The van der Waals surface area contributed by atoms with E-state index in [4.69, 9.17) is 4.98 Å². The van der Waals surface area contributed by atoms with E-state index in [2.05, 4.69) is 45.6 Å². The Bertz CT molecular complexity index is 1070. The number of carboxylic acids is 1. The Balaban J connectivity index is 1.22. The van der Waals surface area contributed by atoms with E-state index >= 15 is 0 Å². The summed E-state index contributed by atoms with van der Waals surface area (Å²) in [4.78, 5) is 21.6. The SMILES string of the molecule is C[C@@H]1CCC[C@H](CCn2c([C@H]3CCCN(CC(=O)O)C3)nc3ccccc32)N1C1C[C@H]2CCC[C@@H](C1)C2. The first-order valence-electron chi connectivity index (χ1n) is 15.2. The number of benzene rings is 1. The lowest BCUT2D eigenvalue weighted by Gasteiger charge is -2.51. The van der Waals surface area contributed by atoms with Gasteiger partial charge < -0.3 is 9.67 Å². The third kappa shape index (κ3) is 5.47. The number of rotatable bonds is 7. The number of para-hydroxylation sites is 2. The molecule has 1 aromatic carbocycles. The molecule has 202 valence electrons. The number of nitrogens with zero attached hydrogens (tertiary/aromatic N) is 4. The quantitative estimate of drug-likeness (QED) is 0.506. The Morgan fingerprint density at radius 1 is 1.00 bits per heavy atom. The number of carbonyl (C=O) groups is 1. The van der Waals surface area contributed by atoms with E-state index in [9.17, 15) is 9.90 Å². The molecule has 6 atom stereocenters. The molecule has 4 fully saturated rings. The minimum atomic E-state index is -0.729. The van der Waals surface area contributed by atoms with Crippen LogP contribution in [0.5, 0.6) is 0 Å². The summed E-state index contributed by atoms with van der Waals surface area (Å²) >= 11 is 0. The minimum absolute atomic E-state index is 0.134. The molecule has 6 heteroatoms. The van der Waals surface area contributed by atoms with Crippen LogP contribution in [0.3, 0.4) is 0 Å². The van der Waals surface area contributed by atoms with Crippen molar-refractivity contribution in [3.05, 3.63) is 30.1 Å². The molecule has 0 radical (unpaired) electrons. The summed E-state index contributed by atoms with van der Waals surface area (Å²) in [5, 5.41) is 9.36. The molecule has 2 aliphatic heterocycles. The van der Waals surface area contributed by atoms with Gasteiger partial charge in [0, 0.05) is 37.1 Å². The zero-order valence-corrected chi connectivity index (χ0v) is 22.7. The molecule has 1 N–H and O–H groups in total. The summed E-state index contributed by atoms with van der Waals surface area (Å²) in [5.74, 6) is 2.69. The predicted molar refractivity (Wildman–Crippen MR) is 148 cm³/mol. The van der Waals surface area contributed by atoms with Crippen molar-refractivity contribution >= 4 is 17.0 Å². The van der Waals surface area contributed by atoms with Crippen LogP contribution in [-0.2, 0) is 11.3 Å². The second-order valence-electron chi connectivity index (χ2n) is 12.8. The number of carboxylic acid groups (broad SMARTS) is 1. The zero-order chi connectivity index (χ0) is 25.4. The van der Waals surface area contributed by atoms with Crippen molar-refractivity contribution in [2.24, 2.45) is 11.8 Å². The maximum Gasteiger partial charge on any atom is 0.317 e. The van der Waals surface area contributed by atoms with Gasteiger partial charge in [0.1, 0.15) is 5.82 Å². The highest BCUT2D eigenvalue weighted by atomic mass is 16.4. The summed E-state index contributed by atoms with van der Waals surface area (Å²) in [6.45, 7) is 5.32. The van der Waals surface area contributed by atoms with E-state index in [1.807, 2.05) is 0 Å². The van der Waals surface area contributed by atoms with E-state index in [1.165, 1.54) is 75.5 Å². The van der Waals surface area contributed by atoms with Crippen molar-refractivity contribution in [3.63, 3.8) is 0 Å². The van der Waals surface area contributed by atoms with Crippen LogP contribution >= 0.6 is 0 Å². The highest BCUT2D eigenvalue weighted by Gasteiger charge is 2.40. The topological polar surface area (TPSA) is 61.6 Å². The van der Waals surface area contributed by atoms with Gasteiger partial charge in [-0.3, -0.25) is 14.6 Å². The van der Waals surface area contributed by atoms with Crippen LogP contribution in [0.25, 0.3) is 11.0 Å². The molecular weight excluding hydrogens is 460 g/mol. The number of hydrogen-bond donors (Lipinski definition) is 1. The first kappa shape index (κ1) is 25.4. The Kier molecular flexibility index (Phi) is 7.58. The lowest BCUT2D eigenvalue weighted by Crippen LogP contribution is -2.54. The predicted octanol–water partition coefficient (Wildman–Crippen LogP) is 5.90. The fourth-order valence-electron chi connectivity index (χ4n) is 8.72. The summed E-state index contributed by atoms with van der Waals surface area (Å²) in [5.41, 5.74) is 2.33. The average molecular weight is 507 g/mol. The summed E-state index contributed by atoms with van der Waals surface area (Å²) < 4.78 is 2.51. The number of imidazole rings is 1. The molecule has 6 nitrogen and oxygen atoms in total. The van der Waals surface area contributed by atoms with Crippen LogP contribution < -0.4 is 0 Å². The van der Waals surface area contributed by atoms with Gasteiger partial charge in [-0.25, -0.2) is 4.98 Å². The molecule has 1 aromatic heterocycles. The van der Waals surface area contributed by atoms with Crippen molar-refractivity contribution in [3.8, 4) is 0 Å². The van der Waals surface area contributed by atoms with Crippen molar-refractivity contribution in [1.29, 1.82) is 0 Å². The Hall–Kier alpha value is -1.92. The monoisotopic (exact) mass is 506 g/mol. The Morgan fingerprint density at radius 2 is 1.78 bits per heavy atom. The van der Waals surface area contributed by atoms with Crippen LogP contribution in [-0.4, -0.2) is 68.2 Å². The van der Waals surface area contributed by atoms with E-state index in [0.29, 0.717) is 18.0 Å². The van der Waals surface area contributed by atoms with Crippen molar-refractivity contribution in [2.45, 2.75) is 115 Å². The number of piperidine rings is 2. The minimum Gasteiger partial charge on any atom is -0.480 e.